The summed E-state index contributed by atoms with van der Waals surface area (Å²) in [6, 6.07) is 4.05. The van der Waals surface area contributed by atoms with E-state index in [0.717, 1.165) is 5.56 Å². The summed E-state index contributed by atoms with van der Waals surface area (Å²) < 4.78 is 0. The normalized spacial score (nSPS) is 13.7. The van der Waals surface area contributed by atoms with E-state index in [1.165, 1.54) is 6.07 Å². The molecule has 2 N–H and O–H groups in total. The number of hydrogen-bond donors (Lipinski definition) is 2. The molecule has 0 heterocycles. The Labute approximate surface area is 117 Å². The third-order valence-corrected chi connectivity index (χ3v) is 3.29. The maximum atomic E-state index is 12.1. The smallest absolute Gasteiger partial charge is 0.326 e. The van der Waals surface area contributed by atoms with E-state index in [1.807, 2.05) is 13.8 Å². The van der Waals surface area contributed by atoms with E-state index in [1.54, 1.807) is 19.1 Å². The van der Waals surface area contributed by atoms with Gasteiger partial charge >= 0.3 is 5.97 Å². The summed E-state index contributed by atoms with van der Waals surface area (Å²) in [5, 5.41) is 12.1. The lowest BCUT2D eigenvalue weighted by molar-refractivity contribution is -0.140. The molecule has 19 heavy (non-hydrogen) atoms. The molecule has 0 aliphatic carbocycles. The van der Waals surface area contributed by atoms with Crippen molar-refractivity contribution < 1.29 is 14.7 Å². The average molecular weight is 284 g/mol. The highest BCUT2D eigenvalue weighted by Gasteiger charge is 2.25. The quantitative estimate of drug-likeness (QED) is 0.873. The molecule has 104 valence electrons. The van der Waals surface area contributed by atoms with Gasteiger partial charge in [-0.2, -0.15) is 0 Å². The standard InChI is InChI=1S/C14H18ClNO3/c1-4-9(3)12(14(18)19)16-13(17)10-5-8(2)6-11(15)7-10/h5-7,9,12H,4H2,1-3H3,(H,16,17)(H,18,19). The highest BCUT2D eigenvalue weighted by atomic mass is 35.5. The predicted octanol–water partition coefficient (Wildman–Crippen LogP) is 2.88. The van der Waals surface area contributed by atoms with Gasteiger partial charge in [0, 0.05) is 10.6 Å². The van der Waals surface area contributed by atoms with Crippen LogP contribution in [-0.2, 0) is 4.79 Å². The Balaban J connectivity index is 2.90. The first-order valence-corrected chi connectivity index (χ1v) is 6.53. The van der Waals surface area contributed by atoms with Crippen LogP contribution in [0.15, 0.2) is 18.2 Å². The molecule has 5 heteroatoms. The largest absolute Gasteiger partial charge is 0.480 e. The number of carbonyl (C=O) groups excluding carboxylic acids is 1. The minimum atomic E-state index is -1.03. The number of carbonyl (C=O) groups is 2. The van der Waals surface area contributed by atoms with Gasteiger partial charge in [0.05, 0.1) is 0 Å². The molecule has 0 aromatic heterocycles. The third-order valence-electron chi connectivity index (χ3n) is 3.07. The first kappa shape index (κ1) is 15.5. The molecule has 0 radical (unpaired) electrons. The fourth-order valence-corrected chi connectivity index (χ4v) is 2.06. The van der Waals surface area contributed by atoms with Crippen LogP contribution >= 0.6 is 11.6 Å². The zero-order valence-electron chi connectivity index (χ0n) is 11.2. The highest BCUT2D eigenvalue weighted by molar-refractivity contribution is 6.31. The zero-order valence-corrected chi connectivity index (χ0v) is 12.0. The molecule has 2 atom stereocenters. The second-order valence-corrected chi connectivity index (χ2v) is 5.13. The van der Waals surface area contributed by atoms with E-state index in [4.69, 9.17) is 16.7 Å². The summed E-state index contributed by atoms with van der Waals surface area (Å²) in [5.74, 6) is -1.58. The first-order chi connectivity index (χ1) is 8.85. The SMILES string of the molecule is CCC(C)C(NC(=O)c1cc(C)cc(Cl)c1)C(=O)O. The summed E-state index contributed by atoms with van der Waals surface area (Å²) in [5.41, 5.74) is 1.23. The van der Waals surface area contributed by atoms with Crippen LogP contribution in [0.3, 0.4) is 0 Å². The summed E-state index contributed by atoms with van der Waals surface area (Å²) in [6.45, 7) is 5.50. The Morgan fingerprint density at radius 2 is 2.00 bits per heavy atom. The van der Waals surface area contributed by atoms with Gasteiger partial charge in [-0.25, -0.2) is 4.79 Å². The average Bonchev–Trinajstić information content (AvgIpc) is 2.33. The Kier molecular flexibility index (Phi) is 5.36. The van der Waals surface area contributed by atoms with Crippen LogP contribution in [0.1, 0.15) is 36.2 Å². The molecular weight excluding hydrogens is 266 g/mol. The lowest BCUT2D eigenvalue weighted by atomic mass is 9.99. The van der Waals surface area contributed by atoms with E-state index in [9.17, 15) is 9.59 Å². The van der Waals surface area contributed by atoms with E-state index < -0.39 is 17.9 Å². The van der Waals surface area contributed by atoms with Gasteiger partial charge in [0.15, 0.2) is 0 Å². The topological polar surface area (TPSA) is 66.4 Å². The van der Waals surface area contributed by atoms with Gasteiger partial charge in [-0.3, -0.25) is 4.79 Å². The maximum absolute atomic E-state index is 12.1. The van der Waals surface area contributed by atoms with Gasteiger partial charge in [-0.05, 0) is 36.6 Å². The number of carboxylic acid groups (broad SMARTS) is 1. The molecule has 1 aromatic rings. The lowest BCUT2D eigenvalue weighted by Crippen LogP contribution is -2.45. The van der Waals surface area contributed by atoms with Gasteiger partial charge in [0.1, 0.15) is 6.04 Å². The van der Waals surface area contributed by atoms with Crippen molar-refractivity contribution in [1.82, 2.24) is 5.32 Å². The first-order valence-electron chi connectivity index (χ1n) is 6.16. The van der Waals surface area contributed by atoms with Crippen molar-refractivity contribution in [3.8, 4) is 0 Å². The van der Waals surface area contributed by atoms with E-state index in [-0.39, 0.29) is 5.92 Å². The summed E-state index contributed by atoms with van der Waals surface area (Å²) >= 11 is 5.89. The molecule has 0 aliphatic heterocycles. The van der Waals surface area contributed by atoms with Gasteiger partial charge < -0.3 is 10.4 Å². The minimum absolute atomic E-state index is 0.137. The molecule has 0 fully saturated rings. The molecule has 0 saturated heterocycles. The maximum Gasteiger partial charge on any atom is 0.326 e. The van der Waals surface area contributed by atoms with E-state index >= 15 is 0 Å². The number of rotatable bonds is 5. The van der Waals surface area contributed by atoms with Crippen molar-refractivity contribution >= 4 is 23.5 Å². The van der Waals surface area contributed by atoms with Crippen LogP contribution in [0, 0.1) is 12.8 Å². The monoisotopic (exact) mass is 283 g/mol. The van der Waals surface area contributed by atoms with Crippen LogP contribution in [0.25, 0.3) is 0 Å². The Morgan fingerprint density at radius 1 is 1.37 bits per heavy atom. The van der Waals surface area contributed by atoms with Crippen LogP contribution in [-0.4, -0.2) is 23.0 Å². The van der Waals surface area contributed by atoms with Crippen molar-refractivity contribution in [2.45, 2.75) is 33.2 Å². The van der Waals surface area contributed by atoms with Crippen LogP contribution < -0.4 is 5.32 Å². The molecule has 1 aromatic carbocycles. The minimum Gasteiger partial charge on any atom is -0.480 e. The van der Waals surface area contributed by atoms with Gasteiger partial charge in [-0.15, -0.1) is 0 Å². The molecular formula is C14H18ClNO3. The van der Waals surface area contributed by atoms with E-state index in [0.29, 0.717) is 17.0 Å². The molecule has 2 unspecified atom stereocenters. The Bertz CT molecular complexity index is 467. The second kappa shape index (κ2) is 6.57. The number of hydrogen-bond acceptors (Lipinski definition) is 2. The van der Waals surface area contributed by atoms with Crippen molar-refractivity contribution in [1.29, 1.82) is 0 Å². The van der Waals surface area contributed by atoms with Gasteiger partial charge in [-0.1, -0.05) is 31.9 Å². The van der Waals surface area contributed by atoms with Crippen molar-refractivity contribution in [3.63, 3.8) is 0 Å². The number of benzene rings is 1. The second-order valence-electron chi connectivity index (χ2n) is 4.69. The fraction of sp³-hybridized carbons (Fsp3) is 0.429. The molecule has 0 aliphatic rings. The molecule has 4 nitrogen and oxygen atoms in total. The number of aliphatic carboxylic acids is 1. The number of nitrogens with one attached hydrogen (secondary N) is 1. The van der Waals surface area contributed by atoms with Crippen molar-refractivity contribution in [2.75, 3.05) is 0 Å². The van der Waals surface area contributed by atoms with Crippen LogP contribution in [0.5, 0.6) is 0 Å². The molecule has 0 spiro atoms. The van der Waals surface area contributed by atoms with Crippen molar-refractivity contribution in [2.24, 2.45) is 5.92 Å². The highest BCUT2D eigenvalue weighted by Crippen LogP contribution is 2.15. The van der Waals surface area contributed by atoms with Gasteiger partial charge in [0.25, 0.3) is 5.91 Å². The molecule has 1 rings (SSSR count). The van der Waals surface area contributed by atoms with E-state index in [2.05, 4.69) is 5.32 Å². The number of aryl methyl sites for hydroxylation is 1. The summed E-state index contributed by atoms with van der Waals surface area (Å²) in [6.07, 6.45) is 0.672. The number of halogens is 1. The number of amides is 1. The molecule has 0 saturated carbocycles. The fourth-order valence-electron chi connectivity index (χ4n) is 1.78. The van der Waals surface area contributed by atoms with Crippen molar-refractivity contribution in [3.05, 3.63) is 34.3 Å². The Morgan fingerprint density at radius 3 is 2.47 bits per heavy atom. The third kappa shape index (κ3) is 4.24. The Hall–Kier alpha value is -1.55. The molecule has 0 bridgehead atoms. The van der Waals surface area contributed by atoms with Crippen LogP contribution in [0.4, 0.5) is 0 Å². The van der Waals surface area contributed by atoms with Gasteiger partial charge in [0.2, 0.25) is 0 Å². The predicted molar refractivity (Wildman–Crippen MR) is 74.5 cm³/mol. The molecule has 1 amide bonds. The zero-order chi connectivity index (χ0) is 14.6. The lowest BCUT2D eigenvalue weighted by Gasteiger charge is -2.20. The summed E-state index contributed by atoms with van der Waals surface area (Å²) in [4.78, 5) is 23.2. The van der Waals surface area contributed by atoms with Crippen LogP contribution in [0.2, 0.25) is 5.02 Å². The summed E-state index contributed by atoms with van der Waals surface area (Å²) in [7, 11) is 0. The number of carboxylic acids is 1.